The van der Waals surface area contributed by atoms with Gasteiger partial charge in [0.05, 0.1) is 13.2 Å². The van der Waals surface area contributed by atoms with Crippen molar-refractivity contribution < 1.29 is 10.2 Å². The van der Waals surface area contributed by atoms with Crippen LogP contribution in [0.25, 0.3) is 0 Å². The molecule has 0 saturated carbocycles. The summed E-state index contributed by atoms with van der Waals surface area (Å²) in [4.78, 5) is 0. The van der Waals surface area contributed by atoms with Gasteiger partial charge in [0.1, 0.15) is 0 Å². The maximum atomic E-state index is 9.27. The molecular formula is C11H22O2. The van der Waals surface area contributed by atoms with Gasteiger partial charge in [0.25, 0.3) is 0 Å². The molecule has 0 aliphatic heterocycles. The standard InChI is InChI=1S/C11H22O2/c1-9(2)5-11(7-12,8-13)6-10(3)4/h10,12-13H,1,5-8H2,2-4H3. The Balaban J connectivity index is 4.39. The van der Waals surface area contributed by atoms with Crippen LogP contribution in [0.5, 0.6) is 0 Å². The van der Waals surface area contributed by atoms with Gasteiger partial charge < -0.3 is 10.2 Å². The minimum absolute atomic E-state index is 0.0363. The van der Waals surface area contributed by atoms with Crippen LogP contribution in [0.1, 0.15) is 33.6 Å². The highest BCUT2D eigenvalue weighted by atomic mass is 16.3. The normalized spacial score (nSPS) is 12.2. The zero-order valence-electron chi connectivity index (χ0n) is 9.01. The van der Waals surface area contributed by atoms with E-state index < -0.39 is 0 Å². The lowest BCUT2D eigenvalue weighted by Crippen LogP contribution is -2.31. The molecule has 13 heavy (non-hydrogen) atoms. The molecule has 0 rings (SSSR count). The fraction of sp³-hybridized carbons (Fsp3) is 0.818. The van der Waals surface area contributed by atoms with E-state index in [-0.39, 0.29) is 18.6 Å². The van der Waals surface area contributed by atoms with Crippen LogP contribution in [-0.4, -0.2) is 23.4 Å². The molecule has 0 radical (unpaired) electrons. The second kappa shape index (κ2) is 5.40. The third-order valence-electron chi connectivity index (χ3n) is 2.19. The van der Waals surface area contributed by atoms with E-state index in [1.54, 1.807) is 0 Å². The molecule has 0 bridgehead atoms. The molecule has 0 aromatic heterocycles. The summed E-state index contributed by atoms with van der Waals surface area (Å²) in [7, 11) is 0. The van der Waals surface area contributed by atoms with Gasteiger partial charge in [-0.1, -0.05) is 19.4 Å². The Morgan fingerprint density at radius 3 is 2.00 bits per heavy atom. The molecule has 2 nitrogen and oxygen atoms in total. The van der Waals surface area contributed by atoms with Gasteiger partial charge in [-0.3, -0.25) is 0 Å². The summed E-state index contributed by atoms with van der Waals surface area (Å²) in [5.74, 6) is 0.485. The first-order valence-corrected chi connectivity index (χ1v) is 4.82. The summed E-state index contributed by atoms with van der Waals surface area (Å²) >= 11 is 0. The van der Waals surface area contributed by atoms with E-state index in [4.69, 9.17) is 0 Å². The van der Waals surface area contributed by atoms with Crippen molar-refractivity contribution in [2.75, 3.05) is 13.2 Å². The van der Waals surface area contributed by atoms with E-state index in [0.717, 1.165) is 12.0 Å². The molecule has 0 aliphatic rings. The Bertz CT molecular complexity index is 157. The Morgan fingerprint density at radius 1 is 1.31 bits per heavy atom. The highest BCUT2D eigenvalue weighted by Gasteiger charge is 2.29. The lowest BCUT2D eigenvalue weighted by atomic mass is 9.77. The molecule has 0 atom stereocenters. The molecule has 0 aromatic carbocycles. The van der Waals surface area contributed by atoms with Crippen LogP contribution in [-0.2, 0) is 0 Å². The monoisotopic (exact) mass is 186 g/mol. The number of hydrogen-bond acceptors (Lipinski definition) is 2. The Labute approximate surface area is 81.3 Å². The SMILES string of the molecule is C=C(C)CC(CO)(CO)CC(C)C. The minimum atomic E-state index is -0.361. The maximum Gasteiger partial charge on any atom is 0.0512 e. The summed E-state index contributed by atoms with van der Waals surface area (Å²) < 4.78 is 0. The Morgan fingerprint density at radius 2 is 1.77 bits per heavy atom. The van der Waals surface area contributed by atoms with Gasteiger partial charge in [0.15, 0.2) is 0 Å². The molecule has 0 saturated heterocycles. The van der Waals surface area contributed by atoms with Gasteiger partial charge in [0, 0.05) is 5.41 Å². The highest BCUT2D eigenvalue weighted by Crippen LogP contribution is 2.32. The zero-order valence-corrected chi connectivity index (χ0v) is 9.01. The molecule has 2 N–H and O–H groups in total. The van der Waals surface area contributed by atoms with Crippen molar-refractivity contribution in [1.82, 2.24) is 0 Å². The zero-order chi connectivity index (χ0) is 10.5. The van der Waals surface area contributed by atoms with Crippen LogP contribution in [0.15, 0.2) is 12.2 Å². The molecule has 0 aliphatic carbocycles. The largest absolute Gasteiger partial charge is 0.396 e. The maximum absolute atomic E-state index is 9.27. The Hall–Kier alpha value is -0.340. The summed E-state index contributed by atoms with van der Waals surface area (Å²) in [6.07, 6.45) is 1.55. The smallest absolute Gasteiger partial charge is 0.0512 e. The number of allylic oxidation sites excluding steroid dienone is 1. The molecular weight excluding hydrogens is 164 g/mol. The van der Waals surface area contributed by atoms with E-state index in [1.165, 1.54) is 0 Å². The average molecular weight is 186 g/mol. The van der Waals surface area contributed by atoms with E-state index in [1.807, 2.05) is 6.92 Å². The van der Waals surface area contributed by atoms with Crippen molar-refractivity contribution in [3.63, 3.8) is 0 Å². The fourth-order valence-electron chi connectivity index (χ4n) is 1.87. The van der Waals surface area contributed by atoms with Crippen molar-refractivity contribution in [3.8, 4) is 0 Å². The van der Waals surface area contributed by atoms with Crippen molar-refractivity contribution in [3.05, 3.63) is 12.2 Å². The van der Waals surface area contributed by atoms with Gasteiger partial charge in [-0.15, -0.1) is 6.58 Å². The van der Waals surface area contributed by atoms with Crippen LogP contribution >= 0.6 is 0 Å². The second-order valence-electron chi connectivity index (χ2n) is 4.55. The van der Waals surface area contributed by atoms with E-state index in [0.29, 0.717) is 12.3 Å². The lowest BCUT2D eigenvalue weighted by Gasteiger charge is -2.31. The molecule has 0 unspecified atom stereocenters. The van der Waals surface area contributed by atoms with Crippen LogP contribution < -0.4 is 0 Å². The molecule has 78 valence electrons. The van der Waals surface area contributed by atoms with Crippen LogP contribution in [0.2, 0.25) is 0 Å². The Kier molecular flexibility index (Phi) is 5.26. The van der Waals surface area contributed by atoms with Crippen molar-refractivity contribution in [2.24, 2.45) is 11.3 Å². The highest BCUT2D eigenvalue weighted by molar-refractivity contribution is 4.97. The van der Waals surface area contributed by atoms with E-state index in [2.05, 4.69) is 20.4 Å². The predicted octanol–water partition coefficient (Wildman–Crippen LogP) is 1.97. The molecule has 2 heteroatoms. The first-order chi connectivity index (χ1) is 5.95. The average Bonchev–Trinajstić information content (AvgIpc) is 2.01. The van der Waals surface area contributed by atoms with Gasteiger partial charge in [-0.2, -0.15) is 0 Å². The number of aliphatic hydroxyl groups is 2. The van der Waals surface area contributed by atoms with E-state index >= 15 is 0 Å². The first kappa shape index (κ1) is 12.7. The van der Waals surface area contributed by atoms with Crippen LogP contribution in [0.3, 0.4) is 0 Å². The molecule has 0 spiro atoms. The quantitative estimate of drug-likeness (QED) is 0.623. The fourth-order valence-corrected chi connectivity index (χ4v) is 1.87. The van der Waals surface area contributed by atoms with E-state index in [9.17, 15) is 10.2 Å². The minimum Gasteiger partial charge on any atom is -0.396 e. The summed E-state index contributed by atoms with van der Waals surface area (Å²) in [6, 6.07) is 0. The summed E-state index contributed by atoms with van der Waals surface area (Å²) in [5.41, 5.74) is 0.656. The third-order valence-corrected chi connectivity index (χ3v) is 2.19. The number of hydrogen-bond donors (Lipinski definition) is 2. The number of aliphatic hydroxyl groups excluding tert-OH is 2. The number of rotatable bonds is 6. The molecule has 0 heterocycles. The first-order valence-electron chi connectivity index (χ1n) is 4.82. The second-order valence-corrected chi connectivity index (χ2v) is 4.55. The van der Waals surface area contributed by atoms with Gasteiger partial charge in [-0.05, 0) is 25.7 Å². The molecule has 0 amide bonds. The van der Waals surface area contributed by atoms with Gasteiger partial charge in [-0.25, -0.2) is 0 Å². The molecule has 0 fully saturated rings. The summed E-state index contributed by atoms with van der Waals surface area (Å²) in [5, 5.41) is 18.5. The van der Waals surface area contributed by atoms with Crippen molar-refractivity contribution in [2.45, 2.75) is 33.6 Å². The topological polar surface area (TPSA) is 40.5 Å². The van der Waals surface area contributed by atoms with Crippen molar-refractivity contribution >= 4 is 0 Å². The van der Waals surface area contributed by atoms with Crippen molar-refractivity contribution in [1.29, 1.82) is 0 Å². The van der Waals surface area contributed by atoms with Crippen LogP contribution in [0.4, 0.5) is 0 Å². The third kappa shape index (κ3) is 4.44. The summed E-state index contributed by atoms with van der Waals surface area (Å²) in [6.45, 7) is 10.0. The van der Waals surface area contributed by atoms with Crippen LogP contribution in [0, 0.1) is 11.3 Å². The molecule has 0 aromatic rings. The predicted molar refractivity (Wildman–Crippen MR) is 55.5 cm³/mol. The van der Waals surface area contributed by atoms with Gasteiger partial charge >= 0.3 is 0 Å². The van der Waals surface area contributed by atoms with Gasteiger partial charge in [0.2, 0.25) is 0 Å². The lowest BCUT2D eigenvalue weighted by molar-refractivity contribution is 0.0371.